The van der Waals surface area contributed by atoms with Crippen LogP contribution < -0.4 is 15.8 Å². The largest absolute Gasteiger partial charge is 0.497 e. The van der Waals surface area contributed by atoms with E-state index in [-0.39, 0.29) is 5.91 Å². The van der Waals surface area contributed by atoms with Gasteiger partial charge in [0.05, 0.1) is 17.7 Å². The number of anilines is 2. The molecule has 23 heavy (non-hydrogen) atoms. The molecule has 5 heteroatoms. The Morgan fingerprint density at radius 1 is 1.13 bits per heavy atom. The molecule has 0 fully saturated rings. The number of amides is 1. The minimum Gasteiger partial charge on any atom is -0.497 e. The molecule has 0 saturated heterocycles. The predicted molar refractivity (Wildman–Crippen MR) is 95.6 cm³/mol. The molecule has 0 aliphatic heterocycles. The quantitative estimate of drug-likeness (QED) is 0.884. The molecule has 0 radical (unpaired) electrons. The summed E-state index contributed by atoms with van der Waals surface area (Å²) in [6.07, 6.45) is 6.81. The first-order valence-electron chi connectivity index (χ1n) is 8.04. The van der Waals surface area contributed by atoms with Crippen LogP contribution in [0.3, 0.4) is 0 Å². The van der Waals surface area contributed by atoms with Crippen molar-refractivity contribution in [2.45, 2.75) is 38.5 Å². The van der Waals surface area contributed by atoms with Crippen LogP contribution in [-0.2, 0) is 12.8 Å². The zero-order valence-corrected chi connectivity index (χ0v) is 14.2. The Morgan fingerprint density at radius 2 is 1.83 bits per heavy atom. The van der Waals surface area contributed by atoms with E-state index >= 15 is 0 Å². The fraction of sp³-hybridized carbons (Fsp3) is 0.389. The molecule has 2 aromatic rings. The highest BCUT2D eigenvalue weighted by Gasteiger charge is 2.22. The molecule has 1 aliphatic rings. The third-order valence-corrected chi connectivity index (χ3v) is 5.39. The van der Waals surface area contributed by atoms with Crippen molar-refractivity contribution < 1.29 is 9.53 Å². The zero-order valence-electron chi connectivity index (χ0n) is 13.4. The fourth-order valence-corrected chi connectivity index (χ4v) is 4.21. The maximum absolute atomic E-state index is 12.7. The number of nitrogens with two attached hydrogens (primary N) is 1. The van der Waals surface area contributed by atoms with Crippen molar-refractivity contribution in [1.29, 1.82) is 0 Å². The summed E-state index contributed by atoms with van der Waals surface area (Å²) in [5, 5.41) is 3.60. The number of thiophene rings is 1. The topological polar surface area (TPSA) is 64.3 Å². The molecule has 3 rings (SSSR count). The Morgan fingerprint density at radius 3 is 2.52 bits per heavy atom. The summed E-state index contributed by atoms with van der Waals surface area (Å²) in [7, 11) is 1.62. The van der Waals surface area contributed by atoms with Crippen molar-refractivity contribution in [3.63, 3.8) is 0 Å². The number of carbonyl (C=O) groups is 1. The smallest absolute Gasteiger partial charge is 0.258 e. The molecule has 0 atom stereocenters. The number of rotatable bonds is 3. The van der Waals surface area contributed by atoms with Gasteiger partial charge in [0.1, 0.15) is 5.75 Å². The van der Waals surface area contributed by atoms with Gasteiger partial charge < -0.3 is 15.8 Å². The molecule has 0 spiro atoms. The number of nitrogen functional groups attached to an aromatic ring is 1. The molecule has 0 bridgehead atoms. The number of nitrogens with one attached hydrogen (secondary N) is 1. The van der Waals surface area contributed by atoms with Crippen LogP contribution in [0.2, 0.25) is 0 Å². The van der Waals surface area contributed by atoms with Gasteiger partial charge in [-0.05, 0) is 55.5 Å². The maximum atomic E-state index is 12.7. The van der Waals surface area contributed by atoms with Gasteiger partial charge >= 0.3 is 0 Å². The first kappa shape index (κ1) is 15.9. The van der Waals surface area contributed by atoms with Gasteiger partial charge in [-0.2, -0.15) is 0 Å². The molecule has 4 nitrogen and oxygen atoms in total. The minimum absolute atomic E-state index is 0.106. The van der Waals surface area contributed by atoms with Crippen LogP contribution in [0.15, 0.2) is 24.3 Å². The molecule has 0 unspecified atom stereocenters. The lowest BCUT2D eigenvalue weighted by Crippen LogP contribution is -2.15. The van der Waals surface area contributed by atoms with Crippen LogP contribution in [-0.4, -0.2) is 13.0 Å². The fourth-order valence-electron chi connectivity index (χ4n) is 3.06. The Balaban J connectivity index is 1.83. The summed E-state index contributed by atoms with van der Waals surface area (Å²) < 4.78 is 5.13. The zero-order chi connectivity index (χ0) is 16.2. The van der Waals surface area contributed by atoms with Gasteiger partial charge in [0.15, 0.2) is 0 Å². The summed E-state index contributed by atoms with van der Waals surface area (Å²) in [6, 6.07) is 7.33. The van der Waals surface area contributed by atoms with Crippen LogP contribution in [0.1, 0.15) is 46.5 Å². The van der Waals surface area contributed by atoms with E-state index < -0.39 is 0 Å². The number of carbonyl (C=O) groups excluding carboxylic acids is 1. The van der Waals surface area contributed by atoms with Gasteiger partial charge in [0.25, 0.3) is 5.91 Å². The monoisotopic (exact) mass is 330 g/mol. The molecule has 1 heterocycles. The van der Waals surface area contributed by atoms with E-state index in [1.807, 2.05) is 24.3 Å². The Bertz CT molecular complexity index is 692. The molecule has 1 amide bonds. The summed E-state index contributed by atoms with van der Waals surface area (Å²) >= 11 is 1.58. The van der Waals surface area contributed by atoms with Crippen LogP contribution in [0, 0.1) is 0 Å². The molecular formula is C18H22N2O2S. The lowest BCUT2D eigenvalue weighted by Gasteiger charge is -2.12. The predicted octanol–water partition coefficient (Wildman–Crippen LogP) is 4.25. The van der Waals surface area contributed by atoms with Gasteiger partial charge in [-0.15, -0.1) is 11.3 Å². The van der Waals surface area contributed by atoms with Gasteiger partial charge in [-0.25, -0.2) is 0 Å². The maximum Gasteiger partial charge on any atom is 0.258 e. The second kappa shape index (κ2) is 7.04. The van der Waals surface area contributed by atoms with Gasteiger partial charge in [0, 0.05) is 10.6 Å². The summed E-state index contributed by atoms with van der Waals surface area (Å²) in [5.74, 6) is 0.661. The summed E-state index contributed by atoms with van der Waals surface area (Å²) in [4.78, 5) is 14.0. The first-order valence-corrected chi connectivity index (χ1v) is 8.86. The van der Waals surface area contributed by atoms with Crippen molar-refractivity contribution in [2.24, 2.45) is 0 Å². The number of hydrogen-bond donors (Lipinski definition) is 2. The molecule has 0 saturated carbocycles. The normalized spacial score (nSPS) is 14.5. The average molecular weight is 330 g/mol. The van der Waals surface area contributed by atoms with Crippen molar-refractivity contribution >= 4 is 27.9 Å². The number of hydrogen-bond acceptors (Lipinski definition) is 4. The summed E-state index contributed by atoms with van der Waals surface area (Å²) in [5.41, 5.74) is 8.76. The highest BCUT2D eigenvalue weighted by atomic mass is 32.1. The van der Waals surface area contributed by atoms with Crippen molar-refractivity contribution in [3.05, 3.63) is 40.3 Å². The minimum atomic E-state index is -0.106. The van der Waals surface area contributed by atoms with Crippen molar-refractivity contribution in [3.8, 4) is 5.75 Å². The number of methoxy groups -OCH3 is 1. The lowest BCUT2D eigenvalue weighted by atomic mass is 9.96. The van der Waals surface area contributed by atoms with E-state index in [0.717, 1.165) is 30.7 Å². The SMILES string of the molecule is COc1ccc(NC(=O)c2c(N)sc3c2CCCCCC3)cc1. The van der Waals surface area contributed by atoms with E-state index in [0.29, 0.717) is 10.6 Å². The average Bonchev–Trinajstić information content (AvgIpc) is 2.83. The Hall–Kier alpha value is -2.01. The second-order valence-corrected chi connectivity index (χ2v) is 6.98. The molecular weight excluding hydrogens is 308 g/mol. The summed E-state index contributed by atoms with van der Waals surface area (Å²) in [6.45, 7) is 0. The highest BCUT2D eigenvalue weighted by Crippen LogP contribution is 2.35. The number of benzene rings is 1. The third-order valence-electron chi connectivity index (χ3n) is 4.27. The molecule has 122 valence electrons. The van der Waals surface area contributed by atoms with E-state index in [4.69, 9.17) is 10.5 Å². The van der Waals surface area contributed by atoms with Crippen molar-refractivity contribution in [2.75, 3.05) is 18.2 Å². The Labute approximate surface area is 140 Å². The van der Waals surface area contributed by atoms with Crippen LogP contribution >= 0.6 is 11.3 Å². The Kier molecular flexibility index (Phi) is 4.86. The second-order valence-electron chi connectivity index (χ2n) is 5.84. The van der Waals surface area contributed by atoms with E-state index in [1.165, 1.54) is 29.7 Å². The van der Waals surface area contributed by atoms with E-state index in [9.17, 15) is 4.79 Å². The molecule has 1 aromatic carbocycles. The van der Waals surface area contributed by atoms with Gasteiger partial charge in [-0.3, -0.25) is 4.79 Å². The third kappa shape index (κ3) is 3.50. The van der Waals surface area contributed by atoms with Crippen LogP contribution in [0.25, 0.3) is 0 Å². The highest BCUT2D eigenvalue weighted by molar-refractivity contribution is 7.16. The van der Waals surface area contributed by atoms with Gasteiger partial charge in [0.2, 0.25) is 0 Å². The number of ether oxygens (including phenoxy) is 1. The molecule has 1 aromatic heterocycles. The van der Waals surface area contributed by atoms with Gasteiger partial charge in [-0.1, -0.05) is 12.8 Å². The van der Waals surface area contributed by atoms with Crippen LogP contribution in [0.5, 0.6) is 5.75 Å². The van der Waals surface area contributed by atoms with Crippen molar-refractivity contribution in [1.82, 2.24) is 0 Å². The first-order chi connectivity index (χ1) is 11.2. The van der Waals surface area contributed by atoms with E-state index in [1.54, 1.807) is 18.4 Å². The molecule has 1 aliphatic carbocycles. The van der Waals surface area contributed by atoms with Crippen LogP contribution in [0.4, 0.5) is 10.7 Å². The van der Waals surface area contributed by atoms with E-state index in [2.05, 4.69) is 5.32 Å². The standard InChI is InChI=1S/C18H22N2O2S/c1-22-13-10-8-12(9-11-13)20-18(21)16-14-6-4-2-3-5-7-15(14)23-17(16)19/h8-11H,2-7,19H2,1H3,(H,20,21). The number of aryl methyl sites for hydroxylation is 1. The number of fused-ring (bicyclic) bond motifs is 1. The lowest BCUT2D eigenvalue weighted by molar-refractivity contribution is 0.102. The molecule has 3 N–H and O–H groups in total.